The third-order valence-corrected chi connectivity index (χ3v) is 2.95. The second kappa shape index (κ2) is 6.04. The number of hydrogen-bond donors (Lipinski definition) is 2. The third-order valence-electron chi connectivity index (χ3n) is 2.95. The van der Waals surface area contributed by atoms with E-state index < -0.39 is 0 Å². The molecule has 1 aromatic carbocycles. The molecule has 1 amide bonds. The van der Waals surface area contributed by atoms with Crippen LogP contribution in [-0.2, 0) is 0 Å². The molecule has 3 rings (SSSR count). The molecular formula is C15H13N5O2. The summed E-state index contributed by atoms with van der Waals surface area (Å²) in [4.78, 5) is 20.5. The van der Waals surface area contributed by atoms with Gasteiger partial charge in [-0.2, -0.15) is 4.98 Å². The monoisotopic (exact) mass is 295 g/mol. The van der Waals surface area contributed by atoms with Gasteiger partial charge in [-0.1, -0.05) is 12.1 Å². The fraction of sp³-hybridized carbons (Fsp3) is 0.0667. The summed E-state index contributed by atoms with van der Waals surface area (Å²) in [7, 11) is 1.55. The average molecular weight is 295 g/mol. The van der Waals surface area contributed by atoms with Crippen LogP contribution in [0.2, 0.25) is 0 Å². The molecule has 22 heavy (non-hydrogen) atoms. The maximum absolute atomic E-state index is 12.2. The van der Waals surface area contributed by atoms with Crippen molar-refractivity contribution >= 4 is 11.9 Å². The van der Waals surface area contributed by atoms with E-state index in [1.807, 2.05) is 12.1 Å². The van der Waals surface area contributed by atoms with Gasteiger partial charge in [0.2, 0.25) is 5.95 Å². The maximum atomic E-state index is 12.2. The molecule has 0 saturated carbocycles. The molecule has 110 valence electrons. The largest absolute Gasteiger partial charge is 0.497 e. The first-order valence-corrected chi connectivity index (χ1v) is 6.55. The number of carbonyl (C=O) groups excluding carboxylic acids is 1. The van der Waals surface area contributed by atoms with Crippen LogP contribution in [0.15, 0.2) is 48.7 Å². The van der Waals surface area contributed by atoms with Gasteiger partial charge in [-0.05, 0) is 30.3 Å². The SMILES string of the molecule is COc1cccc(C(=O)Nc2n[nH]c(-c3ccccn3)n2)c1. The van der Waals surface area contributed by atoms with Gasteiger partial charge in [-0.3, -0.25) is 20.2 Å². The first-order valence-electron chi connectivity index (χ1n) is 6.55. The second-order valence-electron chi connectivity index (χ2n) is 4.41. The van der Waals surface area contributed by atoms with E-state index in [0.29, 0.717) is 22.8 Å². The van der Waals surface area contributed by atoms with E-state index in [-0.39, 0.29) is 11.9 Å². The van der Waals surface area contributed by atoms with Gasteiger partial charge in [0.15, 0.2) is 5.82 Å². The Labute approximate surface area is 126 Å². The summed E-state index contributed by atoms with van der Waals surface area (Å²) >= 11 is 0. The lowest BCUT2D eigenvalue weighted by molar-refractivity contribution is 0.102. The van der Waals surface area contributed by atoms with E-state index in [2.05, 4.69) is 25.5 Å². The van der Waals surface area contributed by atoms with E-state index in [4.69, 9.17) is 4.74 Å². The fourth-order valence-electron chi connectivity index (χ4n) is 1.87. The number of amides is 1. The Kier molecular flexibility index (Phi) is 3.78. The minimum absolute atomic E-state index is 0.188. The number of hydrogen-bond acceptors (Lipinski definition) is 5. The molecule has 7 nitrogen and oxygen atoms in total. The minimum Gasteiger partial charge on any atom is -0.497 e. The predicted octanol–water partition coefficient (Wildman–Crippen LogP) is 2.13. The fourth-order valence-corrected chi connectivity index (χ4v) is 1.87. The van der Waals surface area contributed by atoms with E-state index >= 15 is 0 Å². The summed E-state index contributed by atoms with van der Waals surface area (Å²) in [5.41, 5.74) is 1.11. The zero-order valence-electron chi connectivity index (χ0n) is 11.8. The van der Waals surface area contributed by atoms with Gasteiger partial charge in [0, 0.05) is 11.8 Å². The van der Waals surface area contributed by atoms with Crippen molar-refractivity contribution in [2.75, 3.05) is 12.4 Å². The van der Waals surface area contributed by atoms with Gasteiger partial charge in [-0.15, -0.1) is 5.10 Å². The van der Waals surface area contributed by atoms with Crippen LogP contribution in [0.5, 0.6) is 5.75 Å². The lowest BCUT2D eigenvalue weighted by Crippen LogP contribution is -2.13. The molecule has 0 bridgehead atoms. The van der Waals surface area contributed by atoms with Crippen molar-refractivity contribution < 1.29 is 9.53 Å². The standard InChI is InChI=1S/C15H13N5O2/c1-22-11-6-4-5-10(9-11)14(21)18-15-17-13(19-20-15)12-7-2-3-8-16-12/h2-9H,1H3,(H2,17,18,19,20,21). The zero-order chi connectivity index (χ0) is 15.4. The van der Waals surface area contributed by atoms with Gasteiger partial charge in [0.1, 0.15) is 11.4 Å². The highest BCUT2D eigenvalue weighted by atomic mass is 16.5. The number of nitrogens with zero attached hydrogens (tertiary/aromatic N) is 3. The molecule has 0 unspecified atom stereocenters. The van der Waals surface area contributed by atoms with Gasteiger partial charge in [-0.25, -0.2) is 0 Å². The topological polar surface area (TPSA) is 92.8 Å². The average Bonchev–Trinajstić information content (AvgIpc) is 3.04. The van der Waals surface area contributed by atoms with E-state index in [9.17, 15) is 4.79 Å². The van der Waals surface area contributed by atoms with Crippen LogP contribution in [0.3, 0.4) is 0 Å². The van der Waals surface area contributed by atoms with Crippen LogP contribution < -0.4 is 10.1 Å². The van der Waals surface area contributed by atoms with Gasteiger partial charge in [0.05, 0.1) is 7.11 Å². The molecule has 2 heterocycles. The molecule has 7 heteroatoms. The van der Waals surface area contributed by atoms with Crippen LogP contribution in [-0.4, -0.2) is 33.2 Å². The molecule has 0 aliphatic heterocycles. The number of anilines is 1. The molecule has 0 atom stereocenters. The normalized spacial score (nSPS) is 10.2. The molecule has 3 aromatic rings. The quantitative estimate of drug-likeness (QED) is 0.769. The summed E-state index contributed by atoms with van der Waals surface area (Å²) < 4.78 is 5.09. The molecule has 0 aliphatic carbocycles. The van der Waals surface area contributed by atoms with Crippen molar-refractivity contribution in [3.63, 3.8) is 0 Å². The number of nitrogens with one attached hydrogen (secondary N) is 2. The van der Waals surface area contributed by atoms with Crippen molar-refractivity contribution in [1.82, 2.24) is 20.2 Å². The second-order valence-corrected chi connectivity index (χ2v) is 4.41. The van der Waals surface area contributed by atoms with Crippen LogP contribution in [0.4, 0.5) is 5.95 Å². The highest BCUT2D eigenvalue weighted by Gasteiger charge is 2.11. The number of aromatic nitrogens is 4. The summed E-state index contributed by atoms with van der Waals surface area (Å²) in [6.45, 7) is 0. The lowest BCUT2D eigenvalue weighted by Gasteiger charge is -2.03. The van der Waals surface area contributed by atoms with Crippen LogP contribution >= 0.6 is 0 Å². The highest BCUT2D eigenvalue weighted by Crippen LogP contribution is 2.15. The van der Waals surface area contributed by atoms with Crippen LogP contribution in [0.25, 0.3) is 11.5 Å². The van der Waals surface area contributed by atoms with Crippen molar-refractivity contribution in [2.24, 2.45) is 0 Å². The Morgan fingerprint density at radius 1 is 1.23 bits per heavy atom. The Balaban J connectivity index is 1.76. The maximum Gasteiger partial charge on any atom is 0.258 e. The number of benzene rings is 1. The third kappa shape index (κ3) is 2.93. The van der Waals surface area contributed by atoms with Gasteiger partial charge >= 0.3 is 0 Å². The zero-order valence-corrected chi connectivity index (χ0v) is 11.8. The highest BCUT2D eigenvalue weighted by molar-refractivity contribution is 6.03. The number of methoxy groups -OCH3 is 1. The van der Waals surface area contributed by atoms with Crippen molar-refractivity contribution in [3.8, 4) is 17.3 Å². The first kappa shape index (κ1) is 13.7. The van der Waals surface area contributed by atoms with Crippen LogP contribution in [0, 0.1) is 0 Å². The Bertz CT molecular complexity index is 785. The van der Waals surface area contributed by atoms with Crippen molar-refractivity contribution in [3.05, 3.63) is 54.2 Å². The van der Waals surface area contributed by atoms with Gasteiger partial charge < -0.3 is 4.74 Å². The number of ether oxygens (including phenoxy) is 1. The number of H-pyrrole nitrogens is 1. The van der Waals surface area contributed by atoms with E-state index in [1.54, 1.807) is 43.6 Å². The van der Waals surface area contributed by atoms with Gasteiger partial charge in [0.25, 0.3) is 5.91 Å². The summed E-state index contributed by atoms with van der Waals surface area (Å²) in [6, 6.07) is 12.3. The first-order chi connectivity index (χ1) is 10.8. The van der Waals surface area contributed by atoms with Crippen molar-refractivity contribution in [2.45, 2.75) is 0 Å². The molecular weight excluding hydrogens is 282 g/mol. The Morgan fingerprint density at radius 3 is 2.91 bits per heavy atom. The van der Waals surface area contributed by atoms with E-state index in [0.717, 1.165) is 0 Å². The molecule has 0 saturated heterocycles. The number of aromatic amines is 1. The number of pyridine rings is 1. The molecule has 2 N–H and O–H groups in total. The molecule has 2 aromatic heterocycles. The molecule has 0 fully saturated rings. The summed E-state index contributed by atoms with van der Waals surface area (Å²) in [5, 5.41) is 9.32. The minimum atomic E-state index is -0.314. The smallest absolute Gasteiger partial charge is 0.258 e. The summed E-state index contributed by atoms with van der Waals surface area (Å²) in [5.74, 6) is 0.970. The molecule has 0 radical (unpaired) electrons. The van der Waals surface area contributed by atoms with Crippen LogP contribution in [0.1, 0.15) is 10.4 Å². The Morgan fingerprint density at radius 2 is 2.14 bits per heavy atom. The van der Waals surface area contributed by atoms with E-state index in [1.165, 1.54) is 0 Å². The molecule has 0 spiro atoms. The Hall–Kier alpha value is -3.22. The summed E-state index contributed by atoms with van der Waals surface area (Å²) in [6.07, 6.45) is 1.66. The lowest BCUT2D eigenvalue weighted by atomic mass is 10.2. The van der Waals surface area contributed by atoms with Crippen molar-refractivity contribution in [1.29, 1.82) is 0 Å². The predicted molar refractivity (Wildman–Crippen MR) is 80.6 cm³/mol. The molecule has 0 aliphatic rings. The number of rotatable bonds is 4. The number of carbonyl (C=O) groups is 1.